The number of hydrogen-bond acceptors (Lipinski definition) is 5. The topological polar surface area (TPSA) is 89.3 Å². The number of hydrogen-bond donors (Lipinski definition) is 1. The highest BCUT2D eigenvalue weighted by atomic mass is 32.2. The molecular formula is C12H12N2O4S2. The lowest BCUT2D eigenvalue weighted by atomic mass is 10.2. The highest BCUT2D eigenvalue weighted by Crippen LogP contribution is 2.20. The molecule has 6 nitrogen and oxygen atoms in total. The predicted molar refractivity (Wildman–Crippen MR) is 76.9 cm³/mol. The molecule has 8 heteroatoms. The minimum absolute atomic E-state index is 0.177. The van der Waals surface area contributed by atoms with Gasteiger partial charge < -0.3 is 0 Å². The van der Waals surface area contributed by atoms with Crippen LogP contribution in [-0.4, -0.2) is 13.3 Å². The molecule has 0 spiro atoms. The van der Waals surface area contributed by atoms with Crippen LogP contribution in [-0.2, 0) is 22.3 Å². The molecule has 0 fully saturated rings. The summed E-state index contributed by atoms with van der Waals surface area (Å²) in [5.74, 6) is -0.407. The van der Waals surface area contributed by atoms with Gasteiger partial charge in [0.2, 0.25) is 10.0 Å². The fourth-order valence-corrected chi connectivity index (χ4v) is 3.53. The first-order chi connectivity index (χ1) is 9.48. The quantitative estimate of drug-likeness (QED) is 0.654. The number of nitro groups is 1. The van der Waals surface area contributed by atoms with E-state index < -0.39 is 20.7 Å². The summed E-state index contributed by atoms with van der Waals surface area (Å²) in [5, 5.41) is 12.7. The van der Waals surface area contributed by atoms with Gasteiger partial charge in [0, 0.05) is 23.1 Å². The average Bonchev–Trinajstić information content (AvgIpc) is 2.89. The number of rotatable bonds is 6. The minimum Gasteiger partial charge on any atom is -0.258 e. The van der Waals surface area contributed by atoms with Gasteiger partial charge >= 0.3 is 0 Å². The maximum Gasteiger partial charge on any atom is 0.273 e. The maximum absolute atomic E-state index is 11.9. The van der Waals surface area contributed by atoms with E-state index in [0.717, 1.165) is 4.88 Å². The molecule has 0 atom stereocenters. The lowest BCUT2D eigenvalue weighted by molar-refractivity contribution is -0.385. The molecule has 2 aromatic rings. The Morgan fingerprint density at radius 1 is 1.20 bits per heavy atom. The number of benzene rings is 1. The second-order valence-corrected chi connectivity index (χ2v) is 6.88. The van der Waals surface area contributed by atoms with Gasteiger partial charge in [0.1, 0.15) is 0 Å². The van der Waals surface area contributed by atoms with E-state index in [4.69, 9.17) is 0 Å². The van der Waals surface area contributed by atoms with Gasteiger partial charge in [-0.1, -0.05) is 24.3 Å². The molecule has 0 aliphatic rings. The first kappa shape index (κ1) is 14.6. The van der Waals surface area contributed by atoms with Crippen LogP contribution >= 0.6 is 11.3 Å². The fourth-order valence-electron chi connectivity index (χ4n) is 1.66. The number of nitrogens with one attached hydrogen (secondary N) is 1. The molecule has 1 N–H and O–H groups in total. The van der Waals surface area contributed by atoms with E-state index >= 15 is 0 Å². The molecule has 1 heterocycles. The standard InChI is InChI=1S/C12H12N2O4S2/c15-14(16)12-6-2-1-4-10(12)9-20(17,18)13-8-11-5-3-7-19-11/h1-7,13H,8-9H2. The Bertz CT molecular complexity index is 696. The normalized spacial score (nSPS) is 11.4. The summed E-state index contributed by atoms with van der Waals surface area (Å²) in [6.45, 7) is 0.195. The molecule has 0 aliphatic carbocycles. The predicted octanol–water partition coefficient (Wildman–Crippen LogP) is 2.28. The largest absolute Gasteiger partial charge is 0.273 e. The lowest BCUT2D eigenvalue weighted by Gasteiger charge is -2.06. The first-order valence-electron chi connectivity index (χ1n) is 5.70. The number of para-hydroxylation sites is 1. The van der Waals surface area contributed by atoms with Crippen LogP contribution in [0.4, 0.5) is 5.69 Å². The molecule has 0 bridgehead atoms. The molecule has 0 radical (unpaired) electrons. The second kappa shape index (κ2) is 6.12. The van der Waals surface area contributed by atoms with Crippen molar-refractivity contribution in [2.75, 3.05) is 0 Å². The van der Waals surface area contributed by atoms with E-state index in [1.54, 1.807) is 6.07 Å². The van der Waals surface area contributed by atoms with Crippen LogP contribution in [0.1, 0.15) is 10.4 Å². The van der Waals surface area contributed by atoms with E-state index in [2.05, 4.69) is 4.72 Å². The summed E-state index contributed by atoms with van der Waals surface area (Å²) in [4.78, 5) is 11.2. The van der Waals surface area contributed by atoms with Crippen LogP contribution in [0.5, 0.6) is 0 Å². The van der Waals surface area contributed by atoms with Crippen molar-refractivity contribution in [3.05, 3.63) is 62.3 Å². The maximum atomic E-state index is 11.9. The van der Waals surface area contributed by atoms with Gasteiger partial charge in [-0.2, -0.15) is 0 Å². The average molecular weight is 312 g/mol. The molecular weight excluding hydrogens is 300 g/mol. The smallest absolute Gasteiger partial charge is 0.258 e. The van der Waals surface area contributed by atoms with Crippen molar-refractivity contribution in [2.45, 2.75) is 12.3 Å². The van der Waals surface area contributed by atoms with Crippen LogP contribution in [0.2, 0.25) is 0 Å². The van der Waals surface area contributed by atoms with Crippen molar-refractivity contribution in [2.24, 2.45) is 0 Å². The number of sulfonamides is 1. The van der Waals surface area contributed by atoms with Gasteiger partial charge in [-0.15, -0.1) is 11.3 Å². The van der Waals surface area contributed by atoms with Gasteiger partial charge in [0.05, 0.1) is 10.7 Å². The van der Waals surface area contributed by atoms with Crippen LogP contribution in [0, 0.1) is 10.1 Å². The van der Waals surface area contributed by atoms with Crippen molar-refractivity contribution in [1.82, 2.24) is 4.72 Å². The third-order valence-corrected chi connectivity index (χ3v) is 4.73. The number of nitrogens with zero attached hydrogens (tertiary/aromatic N) is 1. The molecule has 0 aliphatic heterocycles. The van der Waals surface area contributed by atoms with Crippen LogP contribution in [0.25, 0.3) is 0 Å². The lowest BCUT2D eigenvalue weighted by Crippen LogP contribution is -2.24. The Kier molecular flexibility index (Phi) is 4.48. The minimum atomic E-state index is -3.61. The van der Waals surface area contributed by atoms with Crippen LogP contribution in [0.15, 0.2) is 41.8 Å². The van der Waals surface area contributed by atoms with Crippen molar-refractivity contribution in [3.8, 4) is 0 Å². The summed E-state index contributed by atoms with van der Waals surface area (Å²) < 4.78 is 26.3. The Labute approximate surface area is 120 Å². The monoisotopic (exact) mass is 312 g/mol. The third-order valence-electron chi connectivity index (χ3n) is 2.58. The molecule has 106 valence electrons. The zero-order valence-corrected chi connectivity index (χ0v) is 12.0. The number of thiophene rings is 1. The molecule has 0 amide bonds. The van der Waals surface area contributed by atoms with E-state index in [1.807, 2.05) is 17.5 Å². The van der Waals surface area contributed by atoms with Gasteiger partial charge in [-0.3, -0.25) is 10.1 Å². The van der Waals surface area contributed by atoms with Crippen molar-refractivity contribution in [3.63, 3.8) is 0 Å². The van der Waals surface area contributed by atoms with Crippen molar-refractivity contribution < 1.29 is 13.3 Å². The second-order valence-electron chi connectivity index (χ2n) is 4.05. The summed E-state index contributed by atoms with van der Waals surface area (Å²) in [7, 11) is -3.61. The molecule has 0 unspecified atom stereocenters. The molecule has 2 rings (SSSR count). The zero-order valence-electron chi connectivity index (χ0n) is 10.4. The fraction of sp³-hybridized carbons (Fsp3) is 0.167. The van der Waals surface area contributed by atoms with Crippen LogP contribution in [0.3, 0.4) is 0 Å². The highest BCUT2D eigenvalue weighted by Gasteiger charge is 2.19. The number of nitro benzene ring substituents is 1. The zero-order chi connectivity index (χ0) is 14.6. The van der Waals surface area contributed by atoms with Crippen LogP contribution < -0.4 is 4.72 Å². The molecule has 0 saturated carbocycles. The highest BCUT2D eigenvalue weighted by molar-refractivity contribution is 7.88. The van der Waals surface area contributed by atoms with Gasteiger partial charge in [0.15, 0.2) is 0 Å². The summed E-state index contributed by atoms with van der Waals surface area (Å²) in [6, 6.07) is 9.48. The molecule has 1 aromatic carbocycles. The Balaban J connectivity index is 2.10. The summed E-state index contributed by atoms with van der Waals surface area (Å²) in [6.07, 6.45) is 0. The molecule has 1 aromatic heterocycles. The summed E-state index contributed by atoms with van der Waals surface area (Å²) in [5.41, 5.74) is -0.00909. The Morgan fingerprint density at radius 2 is 1.95 bits per heavy atom. The Hall–Kier alpha value is -1.77. The van der Waals surface area contributed by atoms with Gasteiger partial charge in [0.25, 0.3) is 5.69 Å². The molecule has 20 heavy (non-hydrogen) atoms. The van der Waals surface area contributed by atoms with Gasteiger partial charge in [-0.05, 0) is 11.4 Å². The van der Waals surface area contributed by atoms with Crippen molar-refractivity contribution in [1.29, 1.82) is 0 Å². The van der Waals surface area contributed by atoms with E-state index in [-0.39, 0.29) is 17.8 Å². The van der Waals surface area contributed by atoms with E-state index in [9.17, 15) is 18.5 Å². The molecule has 0 saturated heterocycles. The first-order valence-corrected chi connectivity index (χ1v) is 8.23. The van der Waals surface area contributed by atoms with Gasteiger partial charge in [-0.25, -0.2) is 13.1 Å². The van der Waals surface area contributed by atoms with E-state index in [0.29, 0.717) is 0 Å². The van der Waals surface area contributed by atoms with E-state index in [1.165, 1.54) is 29.5 Å². The third kappa shape index (κ3) is 3.86. The Morgan fingerprint density at radius 3 is 2.60 bits per heavy atom. The van der Waals surface area contributed by atoms with Crippen molar-refractivity contribution >= 4 is 27.0 Å². The summed E-state index contributed by atoms with van der Waals surface area (Å²) >= 11 is 1.44. The SMILES string of the molecule is O=[N+]([O-])c1ccccc1CS(=O)(=O)NCc1cccs1.